The van der Waals surface area contributed by atoms with Gasteiger partial charge >= 0.3 is 0 Å². The third-order valence-electron chi connectivity index (χ3n) is 4.35. The molecule has 1 amide bonds. The molecule has 6 nitrogen and oxygen atoms in total. The van der Waals surface area contributed by atoms with Crippen LogP contribution in [0.15, 0.2) is 48.9 Å². The van der Waals surface area contributed by atoms with Gasteiger partial charge in [0.05, 0.1) is 0 Å². The third-order valence-corrected chi connectivity index (χ3v) is 4.35. The largest absolute Gasteiger partial charge is 0.404 e. The van der Waals surface area contributed by atoms with Crippen LogP contribution in [0.5, 0.6) is 0 Å². The fourth-order valence-corrected chi connectivity index (χ4v) is 2.99. The molecule has 4 N–H and O–H groups in total. The van der Waals surface area contributed by atoms with Gasteiger partial charge in [0.1, 0.15) is 0 Å². The van der Waals surface area contributed by atoms with Crippen molar-refractivity contribution in [3.05, 3.63) is 65.6 Å². The summed E-state index contributed by atoms with van der Waals surface area (Å²) >= 11 is 0. The SMILES string of the molecule is N=CC(=CN)c1ccncc1/C=C/CN(C=O)c1ccc2c(c1)CCN2. The first kappa shape index (κ1) is 17.4. The maximum Gasteiger partial charge on any atom is 0.214 e. The average molecular weight is 347 g/mol. The van der Waals surface area contributed by atoms with Crippen LogP contribution < -0.4 is 16.0 Å². The van der Waals surface area contributed by atoms with Crippen LogP contribution in [0.1, 0.15) is 16.7 Å². The molecule has 0 aliphatic carbocycles. The second-order valence-corrected chi connectivity index (χ2v) is 5.91. The number of carbonyl (C=O) groups is 1. The number of allylic oxidation sites excluding steroid dienone is 1. The highest BCUT2D eigenvalue weighted by Crippen LogP contribution is 2.27. The van der Waals surface area contributed by atoms with E-state index < -0.39 is 0 Å². The van der Waals surface area contributed by atoms with Gasteiger partial charge in [0.2, 0.25) is 6.41 Å². The molecule has 2 heterocycles. The zero-order valence-corrected chi connectivity index (χ0v) is 14.4. The number of nitrogens with two attached hydrogens (primary N) is 1. The Morgan fingerprint density at radius 1 is 1.38 bits per heavy atom. The molecule has 0 fully saturated rings. The monoisotopic (exact) mass is 347 g/mol. The van der Waals surface area contributed by atoms with Crippen LogP contribution in [0, 0.1) is 5.41 Å². The Balaban J connectivity index is 1.77. The van der Waals surface area contributed by atoms with Crippen molar-refractivity contribution >= 4 is 35.6 Å². The zero-order chi connectivity index (χ0) is 18.4. The summed E-state index contributed by atoms with van der Waals surface area (Å²) in [4.78, 5) is 17.3. The zero-order valence-electron chi connectivity index (χ0n) is 14.4. The highest BCUT2D eigenvalue weighted by molar-refractivity contribution is 6.09. The number of anilines is 2. The summed E-state index contributed by atoms with van der Waals surface area (Å²) in [5.41, 5.74) is 11.1. The molecule has 0 saturated heterocycles. The Kier molecular flexibility index (Phi) is 5.43. The van der Waals surface area contributed by atoms with Gasteiger partial charge in [0.15, 0.2) is 0 Å². The number of carbonyl (C=O) groups excluding carboxylic acids is 1. The Bertz CT molecular complexity index is 872. The lowest BCUT2D eigenvalue weighted by atomic mass is 10.0. The number of nitrogens with zero attached hydrogens (tertiary/aromatic N) is 2. The van der Waals surface area contributed by atoms with Crippen LogP contribution in [0.2, 0.25) is 0 Å². The summed E-state index contributed by atoms with van der Waals surface area (Å²) in [6.45, 7) is 1.38. The highest BCUT2D eigenvalue weighted by Gasteiger charge is 2.12. The van der Waals surface area contributed by atoms with Crippen LogP contribution in [-0.2, 0) is 11.2 Å². The first-order valence-electron chi connectivity index (χ1n) is 8.39. The number of fused-ring (bicyclic) bond motifs is 1. The minimum absolute atomic E-state index is 0.441. The van der Waals surface area contributed by atoms with Crippen molar-refractivity contribution in [2.75, 3.05) is 23.3 Å². The molecule has 1 aliphatic rings. The standard InChI is InChI=1S/C20H21N5O/c21-11-17(12-22)19-6-7-23-13-16(19)2-1-9-25(14-26)18-3-4-20-15(10-18)5-8-24-20/h1-4,6-7,10-14,21,24H,5,8-9,22H2/b2-1+,17-12?,21-11?. The van der Waals surface area contributed by atoms with Crippen LogP contribution >= 0.6 is 0 Å². The number of hydrogen-bond donors (Lipinski definition) is 3. The van der Waals surface area contributed by atoms with Crippen molar-refractivity contribution in [3.63, 3.8) is 0 Å². The molecule has 0 radical (unpaired) electrons. The Morgan fingerprint density at radius 3 is 3.04 bits per heavy atom. The van der Waals surface area contributed by atoms with Gasteiger partial charge in [-0.25, -0.2) is 0 Å². The normalized spacial score (nSPS) is 13.3. The molecule has 0 unspecified atom stereocenters. The molecule has 6 heteroatoms. The van der Waals surface area contributed by atoms with Gasteiger partial charge < -0.3 is 21.4 Å². The smallest absolute Gasteiger partial charge is 0.214 e. The highest BCUT2D eigenvalue weighted by atomic mass is 16.1. The van der Waals surface area contributed by atoms with Crippen molar-refractivity contribution in [2.45, 2.75) is 6.42 Å². The van der Waals surface area contributed by atoms with Crippen molar-refractivity contribution in [3.8, 4) is 0 Å². The van der Waals surface area contributed by atoms with Crippen LogP contribution in [0.4, 0.5) is 11.4 Å². The number of nitrogens with one attached hydrogen (secondary N) is 2. The molecule has 0 atom stereocenters. The van der Waals surface area contributed by atoms with Gasteiger partial charge in [-0.2, -0.15) is 0 Å². The van der Waals surface area contributed by atoms with Gasteiger partial charge in [0, 0.05) is 60.4 Å². The lowest BCUT2D eigenvalue weighted by Gasteiger charge is -2.16. The summed E-state index contributed by atoms with van der Waals surface area (Å²) in [6.07, 6.45) is 11.6. The first-order chi connectivity index (χ1) is 12.8. The van der Waals surface area contributed by atoms with E-state index in [-0.39, 0.29) is 0 Å². The molecular weight excluding hydrogens is 326 g/mol. The van der Waals surface area contributed by atoms with E-state index in [0.29, 0.717) is 12.1 Å². The fraction of sp³-hybridized carbons (Fsp3) is 0.150. The molecule has 0 bridgehead atoms. The summed E-state index contributed by atoms with van der Waals surface area (Å²) in [5.74, 6) is 0. The van der Waals surface area contributed by atoms with Crippen LogP contribution in [0.25, 0.3) is 11.6 Å². The Labute approximate surface area is 152 Å². The number of pyridine rings is 1. The Morgan fingerprint density at radius 2 is 2.27 bits per heavy atom. The first-order valence-corrected chi connectivity index (χ1v) is 8.39. The number of amides is 1. The predicted molar refractivity (Wildman–Crippen MR) is 106 cm³/mol. The second-order valence-electron chi connectivity index (χ2n) is 5.91. The van der Waals surface area contributed by atoms with Crippen LogP contribution in [-0.4, -0.2) is 30.7 Å². The lowest BCUT2D eigenvalue weighted by Crippen LogP contribution is -2.20. The minimum atomic E-state index is 0.441. The molecule has 1 aromatic carbocycles. The number of aromatic nitrogens is 1. The molecule has 3 rings (SSSR count). The number of rotatable bonds is 7. The third kappa shape index (κ3) is 3.64. The molecule has 2 aromatic rings. The van der Waals surface area contributed by atoms with E-state index in [0.717, 1.165) is 41.9 Å². The quantitative estimate of drug-likeness (QED) is 0.530. The van der Waals surface area contributed by atoms with Gasteiger partial charge in [-0.05, 0) is 41.8 Å². The maximum absolute atomic E-state index is 11.5. The number of benzene rings is 1. The van der Waals surface area contributed by atoms with Crippen molar-refractivity contribution in [2.24, 2.45) is 5.73 Å². The van der Waals surface area contributed by atoms with Crippen molar-refractivity contribution in [1.29, 1.82) is 5.41 Å². The predicted octanol–water partition coefficient (Wildman–Crippen LogP) is 2.67. The van der Waals surface area contributed by atoms with Crippen LogP contribution in [0.3, 0.4) is 0 Å². The average Bonchev–Trinajstić information content (AvgIpc) is 3.15. The molecule has 0 spiro atoms. The minimum Gasteiger partial charge on any atom is -0.404 e. The molecule has 26 heavy (non-hydrogen) atoms. The summed E-state index contributed by atoms with van der Waals surface area (Å²) in [6, 6.07) is 7.82. The van der Waals surface area contributed by atoms with Gasteiger partial charge in [-0.1, -0.05) is 12.2 Å². The van der Waals surface area contributed by atoms with Crippen molar-refractivity contribution in [1.82, 2.24) is 4.98 Å². The van der Waals surface area contributed by atoms with E-state index in [2.05, 4.69) is 16.4 Å². The fourth-order valence-electron chi connectivity index (χ4n) is 2.99. The lowest BCUT2D eigenvalue weighted by molar-refractivity contribution is -0.107. The molecular formula is C20H21N5O. The van der Waals surface area contributed by atoms with Gasteiger partial charge in [-0.15, -0.1) is 0 Å². The number of hydrogen-bond acceptors (Lipinski definition) is 5. The second kappa shape index (κ2) is 8.11. The summed E-state index contributed by atoms with van der Waals surface area (Å²) in [7, 11) is 0. The topological polar surface area (TPSA) is 95.1 Å². The maximum atomic E-state index is 11.5. The summed E-state index contributed by atoms with van der Waals surface area (Å²) < 4.78 is 0. The van der Waals surface area contributed by atoms with E-state index in [1.165, 1.54) is 18.0 Å². The van der Waals surface area contributed by atoms with Gasteiger partial charge in [-0.3, -0.25) is 9.78 Å². The van der Waals surface area contributed by atoms with E-state index in [1.807, 2.05) is 30.4 Å². The molecule has 1 aliphatic heterocycles. The molecule has 0 saturated carbocycles. The van der Waals surface area contributed by atoms with E-state index in [9.17, 15) is 4.79 Å². The van der Waals surface area contributed by atoms with Gasteiger partial charge in [0.25, 0.3) is 0 Å². The van der Waals surface area contributed by atoms with E-state index in [1.54, 1.807) is 17.3 Å². The molecule has 132 valence electrons. The summed E-state index contributed by atoms with van der Waals surface area (Å²) in [5, 5.41) is 10.8. The van der Waals surface area contributed by atoms with E-state index in [4.69, 9.17) is 11.1 Å². The van der Waals surface area contributed by atoms with E-state index >= 15 is 0 Å². The van der Waals surface area contributed by atoms with Crippen molar-refractivity contribution < 1.29 is 4.79 Å². The Hall–Kier alpha value is -3.41. The molecule has 1 aromatic heterocycles.